The first kappa shape index (κ1) is 11.1. The zero-order valence-corrected chi connectivity index (χ0v) is 8.94. The van der Waals surface area contributed by atoms with Crippen molar-refractivity contribution in [1.82, 2.24) is 4.98 Å². The molecule has 0 spiro atoms. The van der Waals surface area contributed by atoms with Crippen LogP contribution in [0.25, 0.3) is 0 Å². The molecular weight excluding hydrogens is 176 g/mol. The Morgan fingerprint density at radius 2 is 2.07 bits per heavy atom. The summed E-state index contributed by atoms with van der Waals surface area (Å²) in [6.45, 7) is 5.95. The van der Waals surface area contributed by atoms with Crippen LogP contribution >= 0.6 is 0 Å². The second-order valence-electron chi connectivity index (χ2n) is 4.00. The highest BCUT2D eigenvalue weighted by Gasteiger charge is 2.21. The van der Waals surface area contributed by atoms with Crippen molar-refractivity contribution in [3.05, 3.63) is 29.6 Å². The first-order chi connectivity index (χ1) is 6.54. The van der Waals surface area contributed by atoms with E-state index < -0.39 is 6.10 Å². The van der Waals surface area contributed by atoms with Crippen molar-refractivity contribution < 1.29 is 5.11 Å². The zero-order chi connectivity index (χ0) is 10.7. The summed E-state index contributed by atoms with van der Waals surface area (Å²) < 4.78 is 0. The lowest BCUT2D eigenvalue weighted by molar-refractivity contribution is 0.125. The first-order valence-electron chi connectivity index (χ1n) is 4.88. The Balaban J connectivity index is 2.89. The van der Waals surface area contributed by atoms with Crippen LogP contribution in [-0.4, -0.2) is 16.1 Å². The van der Waals surface area contributed by atoms with Crippen molar-refractivity contribution in [3.8, 4) is 0 Å². The highest BCUT2D eigenvalue weighted by molar-refractivity contribution is 5.24. The molecule has 78 valence electrons. The van der Waals surface area contributed by atoms with Crippen molar-refractivity contribution >= 4 is 0 Å². The van der Waals surface area contributed by atoms with Crippen LogP contribution < -0.4 is 5.73 Å². The predicted molar refractivity (Wildman–Crippen MR) is 56.7 cm³/mol. The van der Waals surface area contributed by atoms with E-state index in [4.69, 9.17) is 5.73 Å². The second kappa shape index (κ2) is 4.53. The van der Waals surface area contributed by atoms with Crippen LogP contribution in [0.2, 0.25) is 0 Å². The largest absolute Gasteiger partial charge is 0.387 e. The average Bonchev–Trinajstić information content (AvgIpc) is 2.16. The van der Waals surface area contributed by atoms with Crippen molar-refractivity contribution in [1.29, 1.82) is 0 Å². The van der Waals surface area contributed by atoms with Crippen LogP contribution in [-0.2, 0) is 0 Å². The number of hydrogen-bond donors (Lipinski definition) is 2. The normalized spacial score (nSPS) is 15.6. The lowest BCUT2D eigenvalue weighted by Gasteiger charge is -2.23. The molecule has 0 aliphatic heterocycles. The maximum atomic E-state index is 9.98. The Morgan fingerprint density at radius 3 is 2.57 bits per heavy atom. The molecule has 14 heavy (non-hydrogen) atoms. The third-order valence-electron chi connectivity index (χ3n) is 2.53. The minimum absolute atomic E-state index is 0.238. The van der Waals surface area contributed by atoms with E-state index in [0.29, 0.717) is 0 Å². The van der Waals surface area contributed by atoms with Gasteiger partial charge in [0.25, 0.3) is 0 Å². The Bertz CT molecular complexity index is 299. The van der Waals surface area contributed by atoms with Crippen molar-refractivity contribution in [2.75, 3.05) is 0 Å². The van der Waals surface area contributed by atoms with Gasteiger partial charge in [0.15, 0.2) is 0 Å². The van der Waals surface area contributed by atoms with Gasteiger partial charge < -0.3 is 10.8 Å². The first-order valence-corrected chi connectivity index (χ1v) is 4.88. The summed E-state index contributed by atoms with van der Waals surface area (Å²) in [7, 11) is 0. The molecule has 0 aromatic carbocycles. The Morgan fingerprint density at radius 1 is 1.43 bits per heavy atom. The molecule has 0 bridgehead atoms. The van der Waals surface area contributed by atoms with E-state index in [1.165, 1.54) is 0 Å². The van der Waals surface area contributed by atoms with Crippen molar-refractivity contribution in [2.45, 2.75) is 32.9 Å². The third-order valence-corrected chi connectivity index (χ3v) is 2.53. The molecule has 0 amide bonds. The summed E-state index contributed by atoms with van der Waals surface area (Å²) in [6.07, 6.45) is 2.78. The molecule has 1 heterocycles. The molecule has 3 N–H and O–H groups in total. The maximum absolute atomic E-state index is 9.98. The van der Waals surface area contributed by atoms with Gasteiger partial charge in [0.2, 0.25) is 0 Å². The molecule has 1 rings (SSSR count). The lowest BCUT2D eigenvalue weighted by Crippen LogP contribution is -2.33. The van der Waals surface area contributed by atoms with Gasteiger partial charge in [-0.1, -0.05) is 13.8 Å². The van der Waals surface area contributed by atoms with Gasteiger partial charge >= 0.3 is 0 Å². The van der Waals surface area contributed by atoms with Crippen LogP contribution in [0.1, 0.15) is 31.1 Å². The van der Waals surface area contributed by atoms with Crippen LogP contribution in [0.5, 0.6) is 0 Å². The Kier molecular flexibility index (Phi) is 3.61. The van der Waals surface area contributed by atoms with E-state index >= 15 is 0 Å². The predicted octanol–water partition coefficient (Wildman–Crippen LogP) is 1.41. The topological polar surface area (TPSA) is 59.1 Å². The number of nitrogens with zero attached hydrogens (tertiary/aromatic N) is 1. The van der Waals surface area contributed by atoms with Gasteiger partial charge in [-0.05, 0) is 24.5 Å². The van der Waals surface area contributed by atoms with E-state index in [2.05, 4.69) is 4.98 Å². The Labute approximate surface area is 85.0 Å². The van der Waals surface area contributed by atoms with Gasteiger partial charge in [-0.15, -0.1) is 0 Å². The van der Waals surface area contributed by atoms with E-state index in [-0.39, 0.29) is 12.0 Å². The Hall–Kier alpha value is -0.930. The number of hydrogen-bond acceptors (Lipinski definition) is 3. The summed E-state index contributed by atoms with van der Waals surface area (Å²) in [5.41, 5.74) is 7.74. The van der Waals surface area contributed by atoms with Crippen molar-refractivity contribution in [2.24, 2.45) is 11.7 Å². The van der Waals surface area contributed by atoms with Gasteiger partial charge in [0, 0.05) is 24.0 Å². The highest BCUT2D eigenvalue weighted by atomic mass is 16.3. The number of aliphatic hydroxyl groups is 1. The minimum atomic E-state index is -0.622. The smallest absolute Gasteiger partial charge is 0.0960 e. The monoisotopic (exact) mass is 194 g/mol. The fourth-order valence-corrected chi connectivity index (χ4v) is 1.36. The molecule has 2 atom stereocenters. The van der Waals surface area contributed by atoms with E-state index in [0.717, 1.165) is 11.1 Å². The fraction of sp³-hybridized carbons (Fsp3) is 0.545. The standard InChI is InChI=1S/C11H18N2O/c1-7(2)10(12)11(14)9-6-13-5-4-8(9)3/h4-7,10-11,14H,12H2,1-3H3/t10-,11-/m0/s1. The minimum Gasteiger partial charge on any atom is -0.387 e. The number of nitrogens with two attached hydrogens (primary N) is 1. The van der Waals surface area contributed by atoms with Gasteiger partial charge in [-0.25, -0.2) is 0 Å². The third kappa shape index (κ3) is 2.30. The molecule has 0 saturated heterocycles. The van der Waals surface area contributed by atoms with E-state index in [1.807, 2.05) is 26.8 Å². The molecule has 0 fully saturated rings. The van der Waals surface area contributed by atoms with Gasteiger partial charge in [-0.3, -0.25) is 4.98 Å². The number of aromatic nitrogens is 1. The molecule has 0 aliphatic carbocycles. The number of rotatable bonds is 3. The molecule has 0 unspecified atom stereocenters. The fourth-order valence-electron chi connectivity index (χ4n) is 1.36. The molecule has 3 nitrogen and oxygen atoms in total. The molecule has 1 aromatic heterocycles. The van der Waals surface area contributed by atoms with Crippen LogP contribution in [0.15, 0.2) is 18.5 Å². The average molecular weight is 194 g/mol. The number of aryl methyl sites for hydroxylation is 1. The molecule has 3 heteroatoms. The van der Waals surface area contributed by atoms with Crippen LogP contribution in [0, 0.1) is 12.8 Å². The molecule has 0 radical (unpaired) electrons. The van der Waals surface area contributed by atoms with E-state index in [9.17, 15) is 5.11 Å². The van der Waals surface area contributed by atoms with Crippen molar-refractivity contribution in [3.63, 3.8) is 0 Å². The summed E-state index contributed by atoms with van der Waals surface area (Å²) in [5, 5.41) is 9.98. The quantitative estimate of drug-likeness (QED) is 0.764. The molecule has 0 saturated carbocycles. The lowest BCUT2D eigenvalue weighted by atomic mass is 9.93. The molecular formula is C11H18N2O. The summed E-state index contributed by atoms with van der Waals surface area (Å²) in [4.78, 5) is 3.99. The van der Waals surface area contributed by atoms with Crippen LogP contribution in [0.4, 0.5) is 0 Å². The number of pyridine rings is 1. The summed E-state index contributed by atoms with van der Waals surface area (Å²) >= 11 is 0. The second-order valence-corrected chi connectivity index (χ2v) is 4.00. The summed E-state index contributed by atoms with van der Waals surface area (Å²) in [6, 6.07) is 1.64. The van der Waals surface area contributed by atoms with Gasteiger partial charge in [0.05, 0.1) is 6.10 Å². The highest BCUT2D eigenvalue weighted by Crippen LogP contribution is 2.21. The molecule has 1 aromatic rings. The zero-order valence-electron chi connectivity index (χ0n) is 8.94. The molecule has 0 aliphatic rings. The van der Waals surface area contributed by atoms with E-state index in [1.54, 1.807) is 12.4 Å². The van der Waals surface area contributed by atoms with Gasteiger partial charge in [-0.2, -0.15) is 0 Å². The SMILES string of the molecule is Cc1ccncc1[C@H](O)[C@@H](N)C(C)C. The summed E-state index contributed by atoms with van der Waals surface area (Å²) in [5.74, 6) is 0.254. The number of aliphatic hydroxyl groups excluding tert-OH is 1. The maximum Gasteiger partial charge on any atom is 0.0960 e. The van der Waals surface area contributed by atoms with Crippen LogP contribution in [0.3, 0.4) is 0 Å². The van der Waals surface area contributed by atoms with Gasteiger partial charge in [0.1, 0.15) is 0 Å².